The number of hydrogen-bond acceptors (Lipinski definition) is 4. The van der Waals surface area contributed by atoms with Gasteiger partial charge in [-0.3, -0.25) is 10.1 Å². The summed E-state index contributed by atoms with van der Waals surface area (Å²) in [6.45, 7) is 0. The lowest BCUT2D eigenvalue weighted by Gasteiger charge is -2.10. The molecule has 2 atom stereocenters. The highest BCUT2D eigenvalue weighted by molar-refractivity contribution is 5.75. The molecule has 1 aliphatic heterocycles. The van der Waals surface area contributed by atoms with Crippen molar-refractivity contribution >= 4 is 5.97 Å². The van der Waals surface area contributed by atoms with Gasteiger partial charge in [0.2, 0.25) is 0 Å². The molecule has 1 heterocycles. The lowest BCUT2D eigenvalue weighted by atomic mass is 10.2. The Kier molecular flexibility index (Phi) is 2.84. The molecule has 64 valence electrons. The van der Waals surface area contributed by atoms with Gasteiger partial charge in [0, 0.05) is 7.11 Å². The van der Waals surface area contributed by atoms with E-state index in [1.54, 1.807) is 7.11 Å². The average molecular weight is 159 g/mol. The van der Waals surface area contributed by atoms with Gasteiger partial charge in [-0.15, -0.1) is 0 Å². The van der Waals surface area contributed by atoms with E-state index in [2.05, 4.69) is 10.1 Å². The summed E-state index contributed by atoms with van der Waals surface area (Å²) in [5.41, 5.74) is 0. The van der Waals surface area contributed by atoms with Crippen LogP contribution in [-0.2, 0) is 14.3 Å². The molecule has 0 aromatic carbocycles. The van der Waals surface area contributed by atoms with Gasteiger partial charge in [-0.1, -0.05) is 0 Å². The van der Waals surface area contributed by atoms with Crippen LogP contribution < -0.4 is 5.32 Å². The Hall–Kier alpha value is -0.610. The average Bonchev–Trinajstić information content (AvgIpc) is 2.50. The first-order valence-electron chi connectivity index (χ1n) is 3.64. The van der Waals surface area contributed by atoms with E-state index in [1.807, 2.05) is 0 Å². The molecule has 4 nitrogen and oxygen atoms in total. The number of esters is 1. The number of nitrogens with one attached hydrogen (secondary N) is 1. The molecule has 0 aromatic rings. The molecule has 1 fully saturated rings. The molecule has 0 bridgehead atoms. The number of hydrogen-bond donors (Lipinski definition) is 1. The standard InChI is InChI=1S/C7H13NO3/c1-10-6-4-3-5(8-6)7(9)11-2/h5-6,8H,3-4H2,1-2H3. The van der Waals surface area contributed by atoms with Gasteiger partial charge in [-0.2, -0.15) is 0 Å². The third-order valence-electron chi connectivity index (χ3n) is 1.87. The van der Waals surface area contributed by atoms with Gasteiger partial charge in [0.15, 0.2) is 0 Å². The summed E-state index contributed by atoms with van der Waals surface area (Å²) in [5, 5.41) is 2.99. The SMILES string of the molecule is COC(=O)C1CCC(OC)N1. The number of methoxy groups -OCH3 is 2. The molecule has 1 N–H and O–H groups in total. The van der Waals surface area contributed by atoms with Crippen LogP contribution in [0.15, 0.2) is 0 Å². The van der Waals surface area contributed by atoms with Crippen LogP contribution in [0.4, 0.5) is 0 Å². The van der Waals surface area contributed by atoms with E-state index in [0.717, 1.165) is 12.8 Å². The van der Waals surface area contributed by atoms with Crippen LogP contribution in [0.2, 0.25) is 0 Å². The third-order valence-corrected chi connectivity index (χ3v) is 1.87. The zero-order chi connectivity index (χ0) is 8.27. The van der Waals surface area contributed by atoms with E-state index >= 15 is 0 Å². The van der Waals surface area contributed by atoms with Crippen molar-refractivity contribution in [2.75, 3.05) is 14.2 Å². The van der Waals surface area contributed by atoms with Crippen LogP contribution in [0, 0.1) is 0 Å². The lowest BCUT2D eigenvalue weighted by molar-refractivity contribution is -0.143. The maximum atomic E-state index is 10.9. The summed E-state index contributed by atoms with van der Waals surface area (Å²) in [5.74, 6) is -0.204. The Morgan fingerprint density at radius 1 is 1.45 bits per heavy atom. The Bertz CT molecular complexity index is 149. The van der Waals surface area contributed by atoms with Gasteiger partial charge < -0.3 is 9.47 Å². The predicted octanol–water partition coefficient (Wildman–Crippen LogP) is -0.116. The van der Waals surface area contributed by atoms with E-state index in [4.69, 9.17) is 4.74 Å². The quantitative estimate of drug-likeness (QED) is 0.571. The molecule has 1 aliphatic rings. The molecule has 0 aromatic heterocycles. The molecule has 0 aliphatic carbocycles. The minimum atomic E-state index is -0.204. The van der Waals surface area contributed by atoms with E-state index in [-0.39, 0.29) is 18.2 Å². The molecule has 1 saturated heterocycles. The van der Waals surface area contributed by atoms with Crippen molar-refractivity contribution in [3.8, 4) is 0 Å². The summed E-state index contributed by atoms with van der Waals surface area (Å²) < 4.78 is 9.59. The van der Waals surface area contributed by atoms with Crippen LogP contribution in [0.25, 0.3) is 0 Å². The van der Waals surface area contributed by atoms with Gasteiger partial charge in [0.05, 0.1) is 7.11 Å². The van der Waals surface area contributed by atoms with Crippen molar-refractivity contribution in [3.05, 3.63) is 0 Å². The van der Waals surface area contributed by atoms with Crippen molar-refractivity contribution < 1.29 is 14.3 Å². The maximum Gasteiger partial charge on any atom is 0.322 e. The number of ether oxygens (including phenoxy) is 2. The van der Waals surface area contributed by atoms with Gasteiger partial charge in [-0.25, -0.2) is 0 Å². The fraction of sp³-hybridized carbons (Fsp3) is 0.857. The second kappa shape index (κ2) is 3.69. The van der Waals surface area contributed by atoms with E-state index in [0.29, 0.717) is 0 Å². The molecular weight excluding hydrogens is 146 g/mol. The molecule has 0 radical (unpaired) electrons. The predicted molar refractivity (Wildman–Crippen MR) is 39.0 cm³/mol. The Morgan fingerprint density at radius 3 is 2.64 bits per heavy atom. The largest absolute Gasteiger partial charge is 0.468 e. The second-order valence-corrected chi connectivity index (χ2v) is 2.54. The second-order valence-electron chi connectivity index (χ2n) is 2.54. The summed E-state index contributed by atoms with van der Waals surface area (Å²) in [4.78, 5) is 10.9. The van der Waals surface area contributed by atoms with Gasteiger partial charge in [-0.05, 0) is 12.8 Å². The van der Waals surface area contributed by atoms with Crippen molar-refractivity contribution in [1.29, 1.82) is 0 Å². The fourth-order valence-corrected chi connectivity index (χ4v) is 1.22. The topological polar surface area (TPSA) is 47.6 Å². The van der Waals surface area contributed by atoms with Crippen molar-refractivity contribution in [2.24, 2.45) is 0 Å². The zero-order valence-electron chi connectivity index (χ0n) is 6.79. The van der Waals surface area contributed by atoms with Crippen molar-refractivity contribution in [1.82, 2.24) is 5.32 Å². The van der Waals surface area contributed by atoms with E-state index in [1.165, 1.54) is 7.11 Å². The Labute approximate surface area is 65.9 Å². The molecule has 2 unspecified atom stereocenters. The molecule has 11 heavy (non-hydrogen) atoms. The van der Waals surface area contributed by atoms with E-state index in [9.17, 15) is 4.79 Å². The summed E-state index contributed by atoms with van der Waals surface area (Å²) in [6, 6.07) is -0.176. The minimum absolute atomic E-state index is 0.0131. The van der Waals surface area contributed by atoms with E-state index < -0.39 is 0 Å². The third kappa shape index (κ3) is 1.91. The van der Waals surface area contributed by atoms with Gasteiger partial charge >= 0.3 is 5.97 Å². The Morgan fingerprint density at radius 2 is 2.18 bits per heavy atom. The maximum absolute atomic E-state index is 10.9. The highest BCUT2D eigenvalue weighted by Gasteiger charge is 2.29. The lowest BCUT2D eigenvalue weighted by Crippen LogP contribution is -2.36. The zero-order valence-corrected chi connectivity index (χ0v) is 6.79. The van der Waals surface area contributed by atoms with Crippen LogP contribution >= 0.6 is 0 Å². The number of carbonyl (C=O) groups is 1. The first kappa shape index (κ1) is 8.49. The smallest absolute Gasteiger partial charge is 0.322 e. The molecule has 4 heteroatoms. The van der Waals surface area contributed by atoms with Crippen molar-refractivity contribution in [3.63, 3.8) is 0 Å². The number of rotatable bonds is 2. The first-order chi connectivity index (χ1) is 5.27. The molecule has 0 saturated carbocycles. The molecule has 1 rings (SSSR count). The summed E-state index contributed by atoms with van der Waals surface area (Å²) in [6.07, 6.45) is 1.68. The van der Waals surface area contributed by atoms with Crippen LogP contribution in [-0.4, -0.2) is 32.5 Å². The molecule has 0 spiro atoms. The molecule has 0 amide bonds. The highest BCUT2D eigenvalue weighted by atomic mass is 16.5. The fourth-order valence-electron chi connectivity index (χ4n) is 1.22. The summed E-state index contributed by atoms with van der Waals surface area (Å²) in [7, 11) is 3.02. The Balaban J connectivity index is 2.35. The molecular formula is C7H13NO3. The summed E-state index contributed by atoms with van der Waals surface area (Å²) >= 11 is 0. The van der Waals surface area contributed by atoms with Gasteiger partial charge in [0.25, 0.3) is 0 Å². The van der Waals surface area contributed by atoms with Crippen LogP contribution in [0.3, 0.4) is 0 Å². The normalized spacial score (nSPS) is 30.4. The minimum Gasteiger partial charge on any atom is -0.468 e. The monoisotopic (exact) mass is 159 g/mol. The van der Waals surface area contributed by atoms with Gasteiger partial charge in [0.1, 0.15) is 12.3 Å². The van der Waals surface area contributed by atoms with Crippen LogP contribution in [0.5, 0.6) is 0 Å². The van der Waals surface area contributed by atoms with Crippen LogP contribution in [0.1, 0.15) is 12.8 Å². The first-order valence-corrected chi connectivity index (χ1v) is 3.64. The van der Waals surface area contributed by atoms with Crippen molar-refractivity contribution in [2.45, 2.75) is 25.1 Å². The highest BCUT2D eigenvalue weighted by Crippen LogP contribution is 2.13. The number of carbonyl (C=O) groups excluding carboxylic acids is 1.